The number of carbonyl (C=O) groups is 1. The third-order valence-corrected chi connectivity index (χ3v) is 6.92. The number of hydrogen-bond acceptors (Lipinski definition) is 5. The van der Waals surface area contributed by atoms with Crippen LogP contribution in [-0.2, 0) is 16.6 Å². The number of rotatable bonds is 9. The number of hydrogen-bond donors (Lipinski definition) is 1. The molecule has 1 aliphatic rings. The van der Waals surface area contributed by atoms with Crippen molar-refractivity contribution in [3.63, 3.8) is 0 Å². The predicted molar refractivity (Wildman–Crippen MR) is 116 cm³/mol. The Kier molecular flexibility index (Phi) is 8.29. The average Bonchev–Trinajstić information content (AvgIpc) is 3.20. The van der Waals surface area contributed by atoms with E-state index in [-0.39, 0.29) is 17.4 Å². The van der Waals surface area contributed by atoms with Gasteiger partial charge < -0.3 is 19.5 Å². The van der Waals surface area contributed by atoms with E-state index in [1.807, 2.05) is 0 Å². The van der Waals surface area contributed by atoms with Gasteiger partial charge in [-0.15, -0.1) is 0 Å². The van der Waals surface area contributed by atoms with E-state index in [0.717, 1.165) is 45.7 Å². The molecule has 0 saturated carbocycles. The molecule has 0 aliphatic carbocycles. The van der Waals surface area contributed by atoms with Gasteiger partial charge in [0.1, 0.15) is 5.76 Å². The van der Waals surface area contributed by atoms with E-state index in [9.17, 15) is 9.00 Å². The predicted octanol–water partition coefficient (Wildman–Crippen LogP) is 3.00. The third kappa shape index (κ3) is 6.40. The van der Waals surface area contributed by atoms with Gasteiger partial charge in [-0.3, -0.25) is 9.00 Å². The molecule has 1 fully saturated rings. The number of piperazine rings is 1. The Balaban J connectivity index is 1.40. The summed E-state index contributed by atoms with van der Waals surface area (Å²) in [5.74, 6) is 0.686. The molecule has 29 heavy (non-hydrogen) atoms. The van der Waals surface area contributed by atoms with Gasteiger partial charge in [-0.2, -0.15) is 0 Å². The van der Waals surface area contributed by atoms with Gasteiger partial charge in [0.25, 0.3) is 5.91 Å². The Bertz CT molecular complexity index is 834. The summed E-state index contributed by atoms with van der Waals surface area (Å²) < 4.78 is 18.1. The number of benzene rings is 1. The van der Waals surface area contributed by atoms with Crippen LogP contribution in [0.15, 0.2) is 45.7 Å². The molecule has 2 heterocycles. The molecule has 2 aromatic rings. The fourth-order valence-electron chi connectivity index (χ4n) is 3.33. The fraction of sp³-hybridized carbons (Fsp3) is 0.476. The number of halogens is 1. The average molecular weight is 438 g/mol. The van der Waals surface area contributed by atoms with Crippen LogP contribution in [0, 0.1) is 0 Å². The van der Waals surface area contributed by atoms with Gasteiger partial charge in [0.05, 0.1) is 26.5 Å². The number of amides is 1. The van der Waals surface area contributed by atoms with Gasteiger partial charge in [0, 0.05) is 32.7 Å². The van der Waals surface area contributed by atoms with Gasteiger partial charge in [0.2, 0.25) is 0 Å². The van der Waals surface area contributed by atoms with Crippen molar-refractivity contribution in [1.29, 1.82) is 0 Å². The number of carbonyl (C=O) groups excluding carboxylic acids is 1. The summed E-state index contributed by atoms with van der Waals surface area (Å²) in [7, 11) is -1.33. The first-order chi connectivity index (χ1) is 14.1. The Morgan fingerprint density at radius 2 is 1.86 bits per heavy atom. The summed E-state index contributed by atoms with van der Waals surface area (Å²) in [4.78, 5) is 17.7. The second kappa shape index (κ2) is 10.9. The smallest absolute Gasteiger partial charge is 0.286 e. The summed E-state index contributed by atoms with van der Waals surface area (Å²) in [5.41, 5.74) is 0. The zero-order chi connectivity index (χ0) is 20.6. The van der Waals surface area contributed by atoms with Crippen LogP contribution in [0.5, 0.6) is 0 Å². The molecule has 3 rings (SSSR count). The molecule has 1 aliphatic heterocycles. The van der Waals surface area contributed by atoms with E-state index in [4.69, 9.17) is 16.0 Å². The van der Waals surface area contributed by atoms with E-state index in [1.54, 1.807) is 36.4 Å². The minimum atomic E-state index is -1.33. The maximum Gasteiger partial charge on any atom is 0.286 e. The molecular weight excluding hydrogens is 410 g/mol. The molecule has 158 valence electrons. The van der Waals surface area contributed by atoms with Crippen LogP contribution in [0.25, 0.3) is 0 Å². The molecule has 0 spiro atoms. The quantitative estimate of drug-likeness (QED) is 0.611. The number of furan rings is 1. The maximum absolute atomic E-state index is 12.5. The normalized spacial score (nSPS) is 16.6. The minimum Gasteiger partial charge on any atom is -0.455 e. The highest BCUT2D eigenvalue weighted by Crippen LogP contribution is 2.22. The molecule has 1 N–H and O–H groups in total. The largest absolute Gasteiger partial charge is 0.455 e. The van der Waals surface area contributed by atoms with Gasteiger partial charge in [-0.1, -0.05) is 30.7 Å². The zero-order valence-electron chi connectivity index (χ0n) is 16.7. The van der Waals surface area contributed by atoms with Crippen LogP contribution in [0.2, 0.25) is 5.02 Å². The lowest BCUT2D eigenvalue weighted by molar-refractivity contribution is 0.0919. The highest BCUT2D eigenvalue weighted by Gasteiger charge is 2.16. The van der Waals surface area contributed by atoms with Crippen molar-refractivity contribution < 1.29 is 13.4 Å². The molecule has 0 unspecified atom stereocenters. The van der Waals surface area contributed by atoms with Crippen molar-refractivity contribution in [2.45, 2.75) is 24.0 Å². The zero-order valence-corrected chi connectivity index (χ0v) is 18.3. The van der Waals surface area contributed by atoms with Crippen molar-refractivity contribution in [3.8, 4) is 0 Å². The van der Waals surface area contributed by atoms with Crippen molar-refractivity contribution in [3.05, 3.63) is 52.9 Å². The van der Waals surface area contributed by atoms with Crippen molar-refractivity contribution in [2.75, 3.05) is 45.8 Å². The van der Waals surface area contributed by atoms with E-state index < -0.39 is 10.8 Å². The number of likely N-dealkylation sites (N-methyl/N-ethyl adjacent to an activating group) is 1. The van der Waals surface area contributed by atoms with Crippen molar-refractivity contribution in [1.82, 2.24) is 15.1 Å². The second-order valence-corrected chi connectivity index (χ2v) is 8.90. The third-order valence-electron chi connectivity index (χ3n) is 5.09. The van der Waals surface area contributed by atoms with Crippen LogP contribution in [0.3, 0.4) is 0 Å². The first-order valence-corrected chi connectivity index (χ1v) is 11.7. The summed E-state index contributed by atoms with van der Waals surface area (Å²) in [6.07, 6.45) is 0.905. The molecule has 0 radical (unpaired) electrons. The molecule has 1 aromatic heterocycles. The van der Waals surface area contributed by atoms with Crippen LogP contribution >= 0.6 is 11.6 Å². The van der Waals surface area contributed by atoms with Gasteiger partial charge in [-0.25, -0.2) is 0 Å². The van der Waals surface area contributed by atoms with Crippen LogP contribution in [0.1, 0.15) is 29.7 Å². The fourth-order valence-corrected chi connectivity index (χ4v) is 4.81. The standard InChI is InChI=1S/C21H28ClN3O3S/c1-2-24-12-14-25(15-13-24)11-5-10-23-21(26)19-9-8-17(28-19)16-29(27)20-7-4-3-6-18(20)22/h3-4,6-9H,2,5,10-16H2,1H3,(H,23,26)/t29-/m1/s1. The summed E-state index contributed by atoms with van der Waals surface area (Å²) >= 11 is 6.09. The summed E-state index contributed by atoms with van der Waals surface area (Å²) in [6.45, 7) is 9.31. The highest BCUT2D eigenvalue weighted by atomic mass is 35.5. The number of nitrogens with one attached hydrogen (secondary N) is 1. The Labute approximate surface area is 179 Å². The first kappa shape index (κ1) is 22.0. The monoisotopic (exact) mass is 437 g/mol. The lowest BCUT2D eigenvalue weighted by Crippen LogP contribution is -2.46. The van der Waals surface area contributed by atoms with Crippen molar-refractivity contribution >= 4 is 28.3 Å². The molecule has 1 atom stereocenters. The van der Waals surface area contributed by atoms with E-state index in [1.165, 1.54) is 0 Å². The van der Waals surface area contributed by atoms with Gasteiger partial charge >= 0.3 is 0 Å². The number of nitrogens with zero attached hydrogens (tertiary/aromatic N) is 2. The van der Waals surface area contributed by atoms with Crippen molar-refractivity contribution in [2.24, 2.45) is 0 Å². The molecule has 6 nitrogen and oxygen atoms in total. The lowest BCUT2D eigenvalue weighted by atomic mass is 10.3. The molecular formula is C21H28ClN3O3S. The van der Waals surface area contributed by atoms with Crippen LogP contribution in [0.4, 0.5) is 0 Å². The lowest BCUT2D eigenvalue weighted by Gasteiger charge is -2.33. The highest BCUT2D eigenvalue weighted by molar-refractivity contribution is 7.84. The Morgan fingerprint density at radius 1 is 1.14 bits per heavy atom. The summed E-state index contributed by atoms with van der Waals surface area (Å²) in [5, 5.41) is 3.36. The van der Waals surface area contributed by atoms with Gasteiger partial charge in [0.15, 0.2) is 5.76 Å². The molecule has 1 aromatic carbocycles. The minimum absolute atomic E-state index is 0.181. The van der Waals surface area contributed by atoms with Gasteiger partial charge in [-0.05, 0) is 43.8 Å². The molecule has 0 bridgehead atoms. The summed E-state index contributed by atoms with van der Waals surface area (Å²) in [6, 6.07) is 10.3. The maximum atomic E-state index is 12.5. The second-order valence-electron chi connectivity index (χ2n) is 7.07. The van der Waals surface area contributed by atoms with E-state index in [2.05, 4.69) is 22.0 Å². The van der Waals surface area contributed by atoms with E-state index in [0.29, 0.717) is 22.2 Å². The SMILES string of the molecule is CCN1CCN(CCCNC(=O)c2ccc(C[S@@](=O)c3ccccc3Cl)o2)CC1. The Hall–Kier alpha value is -1.67. The Morgan fingerprint density at radius 3 is 2.59 bits per heavy atom. The molecule has 8 heteroatoms. The molecule has 1 saturated heterocycles. The van der Waals surface area contributed by atoms with E-state index >= 15 is 0 Å². The topological polar surface area (TPSA) is 65.8 Å². The first-order valence-electron chi connectivity index (χ1n) is 10.0. The van der Waals surface area contributed by atoms with Crippen LogP contribution in [-0.4, -0.2) is 65.7 Å². The van der Waals surface area contributed by atoms with Crippen LogP contribution < -0.4 is 5.32 Å². The molecule has 1 amide bonds.